The summed E-state index contributed by atoms with van der Waals surface area (Å²) in [5.74, 6) is 1.86. The van der Waals surface area contributed by atoms with Crippen LogP contribution in [0.1, 0.15) is 32.1 Å². The number of rotatable bonds is 4. The van der Waals surface area contributed by atoms with Crippen molar-refractivity contribution in [2.24, 2.45) is 16.1 Å². The first-order valence-electron chi connectivity index (χ1n) is 7.49. The standard InChI is InChI=1S/C16H23N3O2/c1-20-12-6-5-11(9-13(12)21-2)18-15(17)19-14-10-16(14)7-3-4-8-16/h5-6,9,14H,3-4,7-8,10H2,1-2H3,(H3,17,18,19). The van der Waals surface area contributed by atoms with E-state index in [1.165, 1.54) is 32.1 Å². The summed E-state index contributed by atoms with van der Waals surface area (Å²) >= 11 is 0. The lowest BCUT2D eigenvalue weighted by atomic mass is 10.1. The third-order valence-electron chi connectivity index (χ3n) is 4.70. The van der Waals surface area contributed by atoms with Gasteiger partial charge in [-0.05, 0) is 36.8 Å². The van der Waals surface area contributed by atoms with Crippen molar-refractivity contribution in [3.8, 4) is 11.5 Å². The number of guanidine groups is 1. The molecule has 1 aromatic rings. The van der Waals surface area contributed by atoms with Gasteiger partial charge in [0.2, 0.25) is 0 Å². The van der Waals surface area contributed by atoms with Gasteiger partial charge in [-0.25, -0.2) is 4.99 Å². The van der Waals surface area contributed by atoms with E-state index >= 15 is 0 Å². The van der Waals surface area contributed by atoms with E-state index in [2.05, 4.69) is 10.3 Å². The summed E-state index contributed by atoms with van der Waals surface area (Å²) in [7, 11) is 3.24. The Hall–Kier alpha value is -1.91. The Morgan fingerprint density at radius 2 is 1.95 bits per heavy atom. The van der Waals surface area contributed by atoms with Crippen LogP contribution in [0.2, 0.25) is 0 Å². The van der Waals surface area contributed by atoms with Gasteiger partial charge in [0, 0.05) is 11.8 Å². The molecule has 0 bridgehead atoms. The third kappa shape index (κ3) is 2.77. The van der Waals surface area contributed by atoms with Gasteiger partial charge in [-0.15, -0.1) is 0 Å². The molecule has 1 spiro atoms. The monoisotopic (exact) mass is 289 g/mol. The number of benzene rings is 1. The smallest absolute Gasteiger partial charge is 0.193 e. The zero-order chi connectivity index (χ0) is 14.9. The van der Waals surface area contributed by atoms with Crippen LogP contribution in [0.5, 0.6) is 11.5 Å². The van der Waals surface area contributed by atoms with E-state index in [1.54, 1.807) is 14.2 Å². The molecule has 5 heteroatoms. The predicted octanol–water partition coefficient (Wildman–Crippen LogP) is 2.76. The minimum Gasteiger partial charge on any atom is -0.493 e. The number of ether oxygens (including phenoxy) is 2. The summed E-state index contributed by atoms with van der Waals surface area (Å²) in [5, 5.41) is 3.14. The first-order chi connectivity index (χ1) is 10.2. The second kappa shape index (κ2) is 5.47. The van der Waals surface area contributed by atoms with Crippen molar-refractivity contribution < 1.29 is 9.47 Å². The van der Waals surface area contributed by atoms with Crippen LogP contribution in [0, 0.1) is 5.41 Å². The molecule has 0 heterocycles. The fraction of sp³-hybridized carbons (Fsp3) is 0.562. The van der Waals surface area contributed by atoms with Crippen LogP contribution in [0.3, 0.4) is 0 Å². The molecule has 1 aromatic carbocycles. The van der Waals surface area contributed by atoms with Crippen LogP contribution in [0.15, 0.2) is 23.2 Å². The largest absolute Gasteiger partial charge is 0.493 e. The van der Waals surface area contributed by atoms with Crippen LogP contribution in [-0.2, 0) is 0 Å². The van der Waals surface area contributed by atoms with E-state index in [4.69, 9.17) is 15.2 Å². The molecule has 0 radical (unpaired) electrons. The fourth-order valence-corrected chi connectivity index (χ4v) is 3.39. The number of nitrogens with zero attached hydrogens (tertiary/aromatic N) is 1. The highest BCUT2D eigenvalue weighted by Gasteiger charge is 2.55. The lowest BCUT2D eigenvalue weighted by Gasteiger charge is -2.11. The van der Waals surface area contributed by atoms with Gasteiger partial charge >= 0.3 is 0 Å². The molecule has 1 atom stereocenters. The van der Waals surface area contributed by atoms with Gasteiger partial charge in [0.15, 0.2) is 17.5 Å². The Bertz CT molecular complexity index is 550. The Labute approximate surface area is 125 Å². The van der Waals surface area contributed by atoms with Crippen LogP contribution in [0.25, 0.3) is 0 Å². The Kier molecular flexibility index (Phi) is 3.66. The number of hydrogen-bond acceptors (Lipinski definition) is 3. The number of methoxy groups -OCH3 is 2. The van der Waals surface area contributed by atoms with Crippen molar-refractivity contribution in [2.45, 2.75) is 38.1 Å². The van der Waals surface area contributed by atoms with Crippen LogP contribution < -0.4 is 20.5 Å². The minimum absolute atomic E-state index is 0.410. The van der Waals surface area contributed by atoms with E-state index in [-0.39, 0.29) is 0 Å². The first kappa shape index (κ1) is 14.0. The second-order valence-corrected chi connectivity index (χ2v) is 6.00. The lowest BCUT2D eigenvalue weighted by molar-refractivity contribution is 0.355. The molecule has 2 aliphatic rings. The number of anilines is 1. The van der Waals surface area contributed by atoms with Gasteiger partial charge in [-0.3, -0.25) is 0 Å². The molecule has 0 aromatic heterocycles. The molecule has 0 amide bonds. The molecule has 2 fully saturated rings. The molecule has 3 rings (SSSR count). The Morgan fingerprint density at radius 3 is 2.62 bits per heavy atom. The number of nitrogens with two attached hydrogens (primary N) is 1. The van der Waals surface area contributed by atoms with Crippen molar-refractivity contribution in [1.29, 1.82) is 0 Å². The number of nitrogens with one attached hydrogen (secondary N) is 1. The molecule has 2 saturated carbocycles. The van der Waals surface area contributed by atoms with Gasteiger partial charge in [-0.2, -0.15) is 0 Å². The van der Waals surface area contributed by atoms with E-state index in [0.29, 0.717) is 28.9 Å². The van der Waals surface area contributed by atoms with Crippen molar-refractivity contribution >= 4 is 11.6 Å². The highest BCUT2D eigenvalue weighted by molar-refractivity contribution is 5.92. The number of aliphatic imine (C=N–C) groups is 1. The average molecular weight is 289 g/mol. The van der Waals surface area contributed by atoms with E-state index in [1.807, 2.05) is 18.2 Å². The first-order valence-corrected chi connectivity index (χ1v) is 7.49. The molecule has 114 valence electrons. The molecule has 3 N–H and O–H groups in total. The van der Waals surface area contributed by atoms with Crippen molar-refractivity contribution in [1.82, 2.24) is 0 Å². The lowest BCUT2D eigenvalue weighted by Crippen LogP contribution is -2.23. The maximum absolute atomic E-state index is 6.03. The normalized spacial score (nSPS) is 23.1. The van der Waals surface area contributed by atoms with E-state index < -0.39 is 0 Å². The summed E-state index contributed by atoms with van der Waals surface area (Å²) < 4.78 is 10.5. The van der Waals surface area contributed by atoms with Crippen LogP contribution in [-0.4, -0.2) is 26.2 Å². The van der Waals surface area contributed by atoms with Gasteiger partial charge in [0.05, 0.1) is 20.3 Å². The van der Waals surface area contributed by atoms with Crippen LogP contribution in [0.4, 0.5) is 5.69 Å². The van der Waals surface area contributed by atoms with Crippen molar-refractivity contribution in [3.63, 3.8) is 0 Å². The second-order valence-electron chi connectivity index (χ2n) is 6.00. The maximum atomic E-state index is 6.03. The quantitative estimate of drug-likeness (QED) is 0.660. The number of hydrogen-bond donors (Lipinski definition) is 2. The molecule has 21 heavy (non-hydrogen) atoms. The summed E-state index contributed by atoms with van der Waals surface area (Å²) in [4.78, 5) is 4.63. The van der Waals surface area contributed by atoms with Crippen molar-refractivity contribution in [3.05, 3.63) is 18.2 Å². The SMILES string of the molecule is COc1ccc(NC(N)=NC2CC23CCCC3)cc1OC. The van der Waals surface area contributed by atoms with Gasteiger partial charge in [0.1, 0.15) is 0 Å². The van der Waals surface area contributed by atoms with Gasteiger partial charge in [-0.1, -0.05) is 12.8 Å². The summed E-state index contributed by atoms with van der Waals surface area (Å²) in [6, 6.07) is 6.03. The highest BCUT2D eigenvalue weighted by Crippen LogP contribution is 2.59. The molecule has 0 aliphatic heterocycles. The van der Waals surface area contributed by atoms with E-state index in [0.717, 1.165) is 5.69 Å². The zero-order valence-electron chi connectivity index (χ0n) is 12.7. The third-order valence-corrected chi connectivity index (χ3v) is 4.70. The summed E-state index contributed by atoms with van der Waals surface area (Å²) in [6.45, 7) is 0. The average Bonchev–Trinajstić information content (AvgIpc) is 2.92. The molecular formula is C16H23N3O2. The maximum Gasteiger partial charge on any atom is 0.193 e. The minimum atomic E-state index is 0.410. The topological polar surface area (TPSA) is 68.9 Å². The zero-order valence-corrected chi connectivity index (χ0v) is 12.7. The Morgan fingerprint density at radius 1 is 1.24 bits per heavy atom. The fourth-order valence-electron chi connectivity index (χ4n) is 3.39. The molecule has 2 aliphatic carbocycles. The summed E-state index contributed by atoms with van der Waals surface area (Å²) in [5.41, 5.74) is 7.36. The molecule has 0 saturated heterocycles. The van der Waals surface area contributed by atoms with Gasteiger partial charge < -0.3 is 20.5 Å². The van der Waals surface area contributed by atoms with Crippen LogP contribution >= 0.6 is 0 Å². The highest BCUT2D eigenvalue weighted by atomic mass is 16.5. The molecule has 5 nitrogen and oxygen atoms in total. The predicted molar refractivity (Wildman–Crippen MR) is 84.1 cm³/mol. The summed E-state index contributed by atoms with van der Waals surface area (Å²) in [6.07, 6.45) is 6.50. The Balaban J connectivity index is 1.66. The molecular weight excluding hydrogens is 266 g/mol. The van der Waals surface area contributed by atoms with Gasteiger partial charge in [0.25, 0.3) is 0 Å². The van der Waals surface area contributed by atoms with Crippen molar-refractivity contribution in [2.75, 3.05) is 19.5 Å². The van der Waals surface area contributed by atoms with E-state index in [9.17, 15) is 0 Å². The molecule has 1 unspecified atom stereocenters.